The first kappa shape index (κ1) is 29.0. The number of imidazole rings is 1. The fourth-order valence-electron chi connectivity index (χ4n) is 2.98. The van der Waals surface area contributed by atoms with E-state index in [4.69, 9.17) is 17.2 Å². The van der Waals surface area contributed by atoms with Crippen LogP contribution >= 0.6 is 0 Å². The first-order chi connectivity index (χ1) is 16.3. The molecule has 0 spiro atoms. The number of nitrogens with one attached hydrogen (secondary N) is 4. The molecule has 0 aliphatic rings. The summed E-state index contributed by atoms with van der Waals surface area (Å²) < 4.78 is 0. The van der Waals surface area contributed by atoms with Gasteiger partial charge in [-0.15, -0.1) is 0 Å². The minimum Gasteiger partial charge on any atom is -0.480 e. The fourth-order valence-corrected chi connectivity index (χ4v) is 2.98. The van der Waals surface area contributed by atoms with Gasteiger partial charge >= 0.3 is 5.97 Å². The molecule has 1 aromatic rings. The number of carbonyl (C=O) groups excluding carboxylic acids is 5. The number of nitrogens with two attached hydrogens (primary N) is 3. The number of carboxylic acid groups (broad SMARTS) is 1. The smallest absolute Gasteiger partial charge is 0.326 e. The number of aromatic nitrogens is 2. The van der Waals surface area contributed by atoms with E-state index in [9.17, 15) is 33.9 Å². The summed E-state index contributed by atoms with van der Waals surface area (Å²) in [5.41, 5.74) is 16.4. The minimum absolute atomic E-state index is 0.0345. The summed E-state index contributed by atoms with van der Waals surface area (Å²) in [4.78, 5) is 78.5. The molecule has 11 N–H and O–H groups in total. The molecular weight excluding hydrogens is 464 g/mol. The van der Waals surface area contributed by atoms with Crippen molar-refractivity contribution in [2.24, 2.45) is 23.1 Å². The molecule has 0 fully saturated rings. The molecule has 1 rings (SSSR count). The van der Waals surface area contributed by atoms with Crippen molar-refractivity contribution in [1.29, 1.82) is 0 Å². The van der Waals surface area contributed by atoms with Gasteiger partial charge in [-0.1, -0.05) is 13.8 Å². The normalized spacial score (nSPS) is 14.3. The molecule has 35 heavy (non-hydrogen) atoms. The van der Waals surface area contributed by atoms with Crippen molar-refractivity contribution in [3.63, 3.8) is 0 Å². The molecule has 1 aromatic heterocycles. The summed E-state index contributed by atoms with van der Waals surface area (Å²) in [7, 11) is 0. The maximum Gasteiger partial charge on any atom is 0.326 e. The van der Waals surface area contributed by atoms with Crippen molar-refractivity contribution in [2.75, 3.05) is 0 Å². The second kappa shape index (κ2) is 13.6. The van der Waals surface area contributed by atoms with Gasteiger partial charge in [0.2, 0.25) is 29.5 Å². The lowest BCUT2D eigenvalue weighted by Crippen LogP contribution is -2.59. The third kappa shape index (κ3) is 10.2. The van der Waals surface area contributed by atoms with E-state index in [-0.39, 0.29) is 19.3 Å². The van der Waals surface area contributed by atoms with Crippen LogP contribution in [0.3, 0.4) is 0 Å². The second-order valence-corrected chi connectivity index (χ2v) is 8.25. The van der Waals surface area contributed by atoms with Crippen LogP contribution in [0.4, 0.5) is 0 Å². The summed E-state index contributed by atoms with van der Waals surface area (Å²) in [5, 5.41) is 16.5. The van der Waals surface area contributed by atoms with E-state index < -0.39 is 72.0 Å². The molecule has 4 unspecified atom stereocenters. The lowest BCUT2D eigenvalue weighted by molar-refractivity contribution is -0.142. The monoisotopic (exact) mass is 496 g/mol. The van der Waals surface area contributed by atoms with Crippen LogP contribution < -0.4 is 33.2 Å². The zero-order valence-electron chi connectivity index (χ0n) is 19.4. The van der Waals surface area contributed by atoms with Crippen LogP contribution in [0.1, 0.15) is 38.8 Å². The molecule has 0 radical (unpaired) electrons. The van der Waals surface area contributed by atoms with Crippen molar-refractivity contribution in [1.82, 2.24) is 25.9 Å². The van der Waals surface area contributed by atoms with Crippen molar-refractivity contribution in [2.45, 2.75) is 63.7 Å². The molecule has 0 aromatic carbocycles. The van der Waals surface area contributed by atoms with E-state index in [1.807, 2.05) is 0 Å². The van der Waals surface area contributed by atoms with Gasteiger partial charge in [-0.25, -0.2) is 9.78 Å². The Bertz CT molecular complexity index is 919. The topological polar surface area (TPSA) is 265 Å². The standard InChI is InChI=1S/C20H32N8O7/c1-9(2)16(28-17(31)11(21)3-4-14(22)29)19(33)26-12(6-15(23)30)18(32)27-13(20(34)35)5-10-7-24-8-25-10/h7-9,11-13,16H,3-6,21H2,1-2H3,(H2,22,29)(H2,23,30)(H,24,25)(H,26,33)(H,27,32)(H,28,31)(H,34,35). The quantitative estimate of drug-likeness (QED) is 0.120. The lowest BCUT2D eigenvalue weighted by Gasteiger charge is -2.26. The van der Waals surface area contributed by atoms with Crippen LogP contribution in [0.15, 0.2) is 12.5 Å². The van der Waals surface area contributed by atoms with Gasteiger partial charge in [0.15, 0.2) is 0 Å². The summed E-state index contributed by atoms with van der Waals surface area (Å²) in [6.45, 7) is 3.24. The third-order valence-electron chi connectivity index (χ3n) is 4.92. The highest BCUT2D eigenvalue weighted by molar-refractivity contribution is 5.96. The predicted molar refractivity (Wildman–Crippen MR) is 121 cm³/mol. The van der Waals surface area contributed by atoms with E-state index >= 15 is 0 Å². The van der Waals surface area contributed by atoms with Crippen molar-refractivity contribution in [3.05, 3.63) is 18.2 Å². The lowest BCUT2D eigenvalue weighted by atomic mass is 10.0. The highest BCUT2D eigenvalue weighted by Crippen LogP contribution is 2.06. The van der Waals surface area contributed by atoms with Crippen molar-refractivity contribution >= 4 is 35.5 Å². The number of carbonyl (C=O) groups is 6. The number of aromatic amines is 1. The van der Waals surface area contributed by atoms with Crippen LogP contribution in [0.2, 0.25) is 0 Å². The van der Waals surface area contributed by atoms with E-state index in [0.29, 0.717) is 5.69 Å². The molecular formula is C20H32N8O7. The molecule has 0 aliphatic carbocycles. The highest BCUT2D eigenvalue weighted by Gasteiger charge is 2.32. The second-order valence-electron chi connectivity index (χ2n) is 8.25. The fraction of sp³-hybridized carbons (Fsp3) is 0.550. The Morgan fingerprint density at radius 3 is 2.09 bits per heavy atom. The third-order valence-corrected chi connectivity index (χ3v) is 4.92. The largest absolute Gasteiger partial charge is 0.480 e. The van der Waals surface area contributed by atoms with Gasteiger partial charge in [0.05, 0.1) is 18.8 Å². The van der Waals surface area contributed by atoms with Gasteiger partial charge in [0.25, 0.3) is 0 Å². The van der Waals surface area contributed by atoms with Crippen LogP contribution in [0.25, 0.3) is 0 Å². The molecule has 0 aliphatic heterocycles. The first-order valence-corrected chi connectivity index (χ1v) is 10.7. The van der Waals surface area contributed by atoms with Gasteiger partial charge in [-0.3, -0.25) is 24.0 Å². The van der Waals surface area contributed by atoms with E-state index in [1.165, 1.54) is 12.5 Å². The molecule has 15 nitrogen and oxygen atoms in total. The molecule has 0 bridgehead atoms. The molecule has 0 saturated carbocycles. The van der Waals surface area contributed by atoms with E-state index in [2.05, 4.69) is 25.9 Å². The van der Waals surface area contributed by atoms with Gasteiger partial charge in [0.1, 0.15) is 18.1 Å². The number of H-pyrrole nitrogens is 1. The Labute approximate surface area is 200 Å². The minimum atomic E-state index is -1.51. The number of hydrogen-bond acceptors (Lipinski definition) is 8. The Hall–Kier alpha value is -4.01. The maximum atomic E-state index is 12.9. The summed E-state index contributed by atoms with van der Waals surface area (Å²) in [6, 6.07) is -5.17. The zero-order valence-corrected chi connectivity index (χ0v) is 19.4. The molecule has 4 atom stereocenters. The van der Waals surface area contributed by atoms with Crippen LogP contribution in [-0.4, -0.2) is 74.7 Å². The summed E-state index contributed by atoms with van der Waals surface area (Å²) in [6.07, 6.45) is 1.81. The number of carboxylic acids is 1. The predicted octanol–water partition coefficient (Wildman–Crippen LogP) is -3.38. The Balaban J connectivity index is 2.93. The number of nitrogens with zero attached hydrogens (tertiary/aromatic N) is 1. The molecule has 194 valence electrons. The van der Waals surface area contributed by atoms with Crippen LogP contribution in [0, 0.1) is 5.92 Å². The van der Waals surface area contributed by atoms with Crippen molar-refractivity contribution in [3.8, 4) is 0 Å². The Kier molecular flexibility index (Phi) is 11.3. The number of rotatable bonds is 15. The van der Waals surface area contributed by atoms with Crippen LogP contribution in [-0.2, 0) is 35.2 Å². The first-order valence-electron chi connectivity index (χ1n) is 10.7. The molecule has 15 heteroatoms. The van der Waals surface area contributed by atoms with E-state index in [0.717, 1.165) is 0 Å². The average molecular weight is 497 g/mol. The van der Waals surface area contributed by atoms with E-state index in [1.54, 1.807) is 13.8 Å². The number of hydrogen-bond donors (Lipinski definition) is 8. The SMILES string of the molecule is CC(C)C(NC(=O)C(N)CCC(N)=O)C(=O)NC(CC(N)=O)C(=O)NC(Cc1cnc[nH]1)C(=O)O. The maximum absolute atomic E-state index is 12.9. The summed E-state index contributed by atoms with van der Waals surface area (Å²) >= 11 is 0. The molecule has 5 amide bonds. The molecule has 1 heterocycles. The Morgan fingerprint density at radius 1 is 0.971 bits per heavy atom. The van der Waals surface area contributed by atoms with Gasteiger partial charge in [-0.2, -0.15) is 0 Å². The summed E-state index contributed by atoms with van der Waals surface area (Å²) in [5.74, 6) is -5.89. The van der Waals surface area contributed by atoms with Gasteiger partial charge < -0.3 is 43.2 Å². The number of primary amides is 2. The average Bonchev–Trinajstić information content (AvgIpc) is 3.26. The number of aliphatic carboxylic acids is 1. The van der Waals surface area contributed by atoms with Gasteiger partial charge in [-0.05, 0) is 12.3 Å². The highest BCUT2D eigenvalue weighted by atomic mass is 16.4. The van der Waals surface area contributed by atoms with Crippen LogP contribution in [0.5, 0.6) is 0 Å². The molecule has 0 saturated heterocycles. The van der Waals surface area contributed by atoms with Crippen molar-refractivity contribution < 1.29 is 33.9 Å². The Morgan fingerprint density at radius 2 is 1.60 bits per heavy atom. The zero-order chi connectivity index (χ0) is 26.7. The number of amides is 5. The van der Waals surface area contributed by atoms with Gasteiger partial charge in [0, 0.05) is 24.7 Å².